The van der Waals surface area contributed by atoms with Gasteiger partial charge in [-0.25, -0.2) is 4.39 Å². The van der Waals surface area contributed by atoms with Crippen LogP contribution in [-0.4, -0.2) is 18.9 Å². The number of benzene rings is 1. The number of rotatable bonds is 2. The third-order valence-corrected chi connectivity index (χ3v) is 2.52. The third kappa shape index (κ3) is 1.99. The van der Waals surface area contributed by atoms with Crippen molar-refractivity contribution < 1.29 is 9.18 Å². The van der Waals surface area contributed by atoms with Crippen LogP contribution in [0.15, 0.2) is 24.3 Å². The smallest absolute Gasteiger partial charge is 0.151 e. The van der Waals surface area contributed by atoms with Gasteiger partial charge in [0, 0.05) is 12.5 Å². The van der Waals surface area contributed by atoms with Crippen molar-refractivity contribution in [3.63, 3.8) is 0 Å². The number of halogens is 1. The molecule has 1 N–H and O–H groups in total. The normalized spacial score (nSPS) is 21.5. The van der Waals surface area contributed by atoms with Crippen LogP contribution >= 0.6 is 0 Å². The minimum absolute atomic E-state index is 0.0248. The first-order valence-corrected chi connectivity index (χ1v) is 4.73. The van der Waals surface area contributed by atoms with Crippen LogP contribution in [0.4, 0.5) is 4.39 Å². The van der Waals surface area contributed by atoms with Gasteiger partial charge in [-0.3, -0.25) is 4.79 Å². The zero-order valence-electron chi connectivity index (χ0n) is 7.79. The molecule has 2 rings (SSSR count). The molecular weight excluding hydrogens is 181 g/mol. The summed E-state index contributed by atoms with van der Waals surface area (Å²) in [4.78, 5) is 11.3. The van der Waals surface area contributed by atoms with Crippen molar-refractivity contribution in [3.05, 3.63) is 35.6 Å². The van der Waals surface area contributed by atoms with Crippen LogP contribution < -0.4 is 5.32 Å². The summed E-state index contributed by atoms with van der Waals surface area (Å²) in [6.07, 6.45) is 0.642. The minimum atomic E-state index is -0.235. The molecule has 1 aliphatic heterocycles. The topological polar surface area (TPSA) is 29.1 Å². The molecule has 0 aliphatic carbocycles. The Balaban J connectivity index is 2.07. The first kappa shape index (κ1) is 9.34. The fourth-order valence-electron chi connectivity index (χ4n) is 1.76. The van der Waals surface area contributed by atoms with Gasteiger partial charge in [0.2, 0.25) is 0 Å². The van der Waals surface area contributed by atoms with Crippen LogP contribution in [0, 0.1) is 11.7 Å². The van der Waals surface area contributed by atoms with Crippen molar-refractivity contribution in [2.24, 2.45) is 5.92 Å². The molecule has 0 aromatic heterocycles. The molecule has 1 saturated heterocycles. The molecule has 0 bridgehead atoms. The highest BCUT2D eigenvalue weighted by Gasteiger charge is 2.23. The number of hydrogen-bond acceptors (Lipinski definition) is 2. The maximum absolute atomic E-state index is 12.8. The SMILES string of the molecule is O=C1CNCC1Cc1cccc(F)c1. The first-order chi connectivity index (χ1) is 6.75. The lowest BCUT2D eigenvalue weighted by atomic mass is 9.98. The van der Waals surface area contributed by atoms with Gasteiger partial charge in [-0.15, -0.1) is 0 Å². The number of hydrogen-bond donors (Lipinski definition) is 1. The van der Waals surface area contributed by atoms with Crippen molar-refractivity contribution in [3.8, 4) is 0 Å². The maximum atomic E-state index is 12.8. The largest absolute Gasteiger partial charge is 0.309 e. The summed E-state index contributed by atoms with van der Waals surface area (Å²) < 4.78 is 12.8. The molecule has 1 unspecified atom stereocenters. The first-order valence-electron chi connectivity index (χ1n) is 4.73. The summed E-state index contributed by atoms with van der Waals surface area (Å²) in [7, 11) is 0. The molecule has 1 aromatic carbocycles. The molecule has 2 nitrogen and oxygen atoms in total. The number of carbonyl (C=O) groups is 1. The zero-order valence-corrected chi connectivity index (χ0v) is 7.79. The summed E-state index contributed by atoms with van der Waals surface area (Å²) in [6.45, 7) is 1.18. The van der Waals surface area contributed by atoms with Crippen molar-refractivity contribution in [2.75, 3.05) is 13.1 Å². The average Bonchev–Trinajstić information content (AvgIpc) is 2.52. The van der Waals surface area contributed by atoms with E-state index >= 15 is 0 Å². The van der Waals surface area contributed by atoms with Crippen LogP contribution in [0.2, 0.25) is 0 Å². The van der Waals surface area contributed by atoms with Crippen LogP contribution in [0.25, 0.3) is 0 Å². The number of carbonyl (C=O) groups excluding carboxylic acids is 1. The van der Waals surface area contributed by atoms with Crippen molar-refractivity contribution in [2.45, 2.75) is 6.42 Å². The molecular formula is C11H12FNO. The van der Waals surface area contributed by atoms with Gasteiger partial charge < -0.3 is 5.32 Å². The molecule has 1 aliphatic rings. The molecule has 1 aromatic rings. The molecule has 0 radical (unpaired) electrons. The average molecular weight is 193 g/mol. The predicted octanol–water partition coefficient (Wildman–Crippen LogP) is 1.16. The van der Waals surface area contributed by atoms with Gasteiger partial charge in [-0.2, -0.15) is 0 Å². The standard InChI is InChI=1S/C11H12FNO/c12-10-3-1-2-8(5-10)4-9-6-13-7-11(9)14/h1-3,5,9,13H,4,6-7H2. The molecule has 1 atom stereocenters. The lowest BCUT2D eigenvalue weighted by molar-refractivity contribution is -0.119. The van der Waals surface area contributed by atoms with Gasteiger partial charge in [-0.1, -0.05) is 12.1 Å². The van der Waals surface area contributed by atoms with E-state index in [1.165, 1.54) is 12.1 Å². The van der Waals surface area contributed by atoms with E-state index in [1.807, 2.05) is 6.07 Å². The van der Waals surface area contributed by atoms with Crippen LogP contribution in [0.5, 0.6) is 0 Å². The fraction of sp³-hybridized carbons (Fsp3) is 0.364. The van der Waals surface area contributed by atoms with E-state index in [4.69, 9.17) is 0 Å². The molecule has 74 valence electrons. The highest BCUT2D eigenvalue weighted by atomic mass is 19.1. The third-order valence-electron chi connectivity index (χ3n) is 2.52. The molecule has 1 heterocycles. The molecule has 1 fully saturated rings. The summed E-state index contributed by atoms with van der Waals surface area (Å²) in [6, 6.07) is 6.44. The Kier molecular flexibility index (Phi) is 2.59. The van der Waals surface area contributed by atoms with Gasteiger partial charge in [0.05, 0.1) is 6.54 Å². The molecule has 0 spiro atoms. The number of Topliss-reactive ketones (excluding diaryl/α,β-unsaturated/α-hetero) is 1. The summed E-state index contributed by atoms with van der Waals surface area (Å²) in [5.74, 6) is 0.0203. The highest BCUT2D eigenvalue weighted by molar-refractivity contribution is 5.85. The molecule has 0 saturated carbocycles. The molecule has 3 heteroatoms. The van der Waals surface area contributed by atoms with E-state index in [0.29, 0.717) is 13.0 Å². The van der Waals surface area contributed by atoms with E-state index < -0.39 is 0 Å². The van der Waals surface area contributed by atoms with E-state index in [0.717, 1.165) is 12.1 Å². The van der Waals surface area contributed by atoms with E-state index in [-0.39, 0.29) is 17.5 Å². The molecule has 0 amide bonds. The minimum Gasteiger partial charge on any atom is -0.309 e. The van der Waals surface area contributed by atoms with Crippen LogP contribution in [0.3, 0.4) is 0 Å². The number of nitrogens with one attached hydrogen (secondary N) is 1. The lowest BCUT2D eigenvalue weighted by Gasteiger charge is -2.06. The second-order valence-electron chi connectivity index (χ2n) is 3.63. The van der Waals surface area contributed by atoms with Gasteiger partial charge in [0.1, 0.15) is 5.82 Å². The van der Waals surface area contributed by atoms with Gasteiger partial charge in [0.15, 0.2) is 5.78 Å². The van der Waals surface area contributed by atoms with E-state index in [2.05, 4.69) is 5.32 Å². The monoisotopic (exact) mass is 193 g/mol. The van der Waals surface area contributed by atoms with E-state index in [9.17, 15) is 9.18 Å². The Morgan fingerprint density at radius 2 is 2.36 bits per heavy atom. The Hall–Kier alpha value is -1.22. The summed E-state index contributed by atoms with van der Waals surface area (Å²) in [5, 5.41) is 3.01. The van der Waals surface area contributed by atoms with Crippen molar-refractivity contribution in [1.82, 2.24) is 5.32 Å². The second-order valence-corrected chi connectivity index (χ2v) is 3.63. The maximum Gasteiger partial charge on any atom is 0.151 e. The molecule has 14 heavy (non-hydrogen) atoms. The fourth-order valence-corrected chi connectivity index (χ4v) is 1.76. The number of ketones is 1. The van der Waals surface area contributed by atoms with E-state index in [1.54, 1.807) is 6.07 Å². The Bertz CT molecular complexity index is 351. The summed E-state index contributed by atoms with van der Waals surface area (Å²) >= 11 is 0. The van der Waals surface area contributed by atoms with Gasteiger partial charge >= 0.3 is 0 Å². The van der Waals surface area contributed by atoms with Crippen molar-refractivity contribution >= 4 is 5.78 Å². The zero-order chi connectivity index (χ0) is 9.97. The second kappa shape index (κ2) is 3.88. The predicted molar refractivity (Wildman–Crippen MR) is 51.5 cm³/mol. The summed E-state index contributed by atoms with van der Waals surface area (Å²) in [5.41, 5.74) is 0.895. The Morgan fingerprint density at radius 1 is 1.50 bits per heavy atom. The lowest BCUT2D eigenvalue weighted by Crippen LogP contribution is -2.14. The van der Waals surface area contributed by atoms with Crippen LogP contribution in [0.1, 0.15) is 5.56 Å². The Morgan fingerprint density at radius 3 is 3.00 bits per heavy atom. The van der Waals surface area contributed by atoms with Crippen LogP contribution in [-0.2, 0) is 11.2 Å². The van der Waals surface area contributed by atoms with Gasteiger partial charge in [0.25, 0.3) is 0 Å². The quantitative estimate of drug-likeness (QED) is 0.763. The van der Waals surface area contributed by atoms with Gasteiger partial charge in [-0.05, 0) is 24.1 Å². The Labute approximate surface area is 82.1 Å². The van der Waals surface area contributed by atoms with Crippen molar-refractivity contribution in [1.29, 1.82) is 0 Å². The highest BCUT2D eigenvalue weighted by Crippen LogP contribution is 2.13.